The average Bonchev–Trinajstić information content (AvgIpc) is 2.58. The molecule has 3 atom stereocenters. The average molecular weight is 283 g/mol. The second-order valence-corrected chi connectivity index (χ2v) is 6.45. The third-order valence-electron chi connectivity index (χ3n) is 4.28. The molecule has 0 aliphatic carbocycles. The lowest BCUT2D eigenvalue weighted by molar-refractivity contribution is -0.139. The van der Waals surface area contributed by atoms with Gasteiger partial charge in [-0.25, -0.2) is 4.79 Å². The second-order valence-electron chi connectivity index (χ2n) is 6.45. The third kappa shape index (κ3) is 3.23. The Morgan fingerprint density at radius 1 is 1.30 bits per heavy atom. The van der Waals surface area contributed by atoms with Crippen molar-refractivity contribution in [2.75, 3.05) is 0 Å². The molecule has 0 aromatic rings. The number of amides is 3. The number of hydrogen-bond donors (Lipinski definition) is 3. The first kappa shape index (κ1) is 15.1. The molecule has 2 rings (SSSR count). The summed E-state index contributed by atoms with van der Waals surface area (Å²) in [6, 6.07) is -0.986. The van der Waals surface area contributed by atoms with Gasteiger partial charge in [0.25, 0.3) is 0 Å². The van der Waals surface area contributed by atoms with E-state index in [2.05, 4.69) is 5.32 Å². The molecule has 0 aromatic carbocycles. The lowest BCUT2D eigenvalue weighted by Crippen LogP contribution is -2.56. The molecule has 2 saturated heterocycles. The van der Waals surface area contributed by atoms with Crippen molar-refractivity contribution in [2.45, 2.75) is 70.2 Å². The van der Waals surface area contributed by atoms with Crippen LogP contribution in [0.15, 0.2) is 0 Å². The van der Waals surface area contributed by atoms with Crippen molar-refractivity contribution in [1.82, 2.24) is 10.2 Å². The largest absolute Gasteiger partial charge is 0.393 e. The fourth-order valence-corrected chi connectivity index (χ4v) is 3.55. The Hall–Kier alpha value is -1.30. The zero-order valence-corrected chi connectivity index (χ0v) is 12.2. The molecule has 4 N–H and O–H groups in total. The number of aliphatic hydroxyl groups is 1. The molecular formula is C14H25N3O3. The molecule has 0 radical (unpaired) electrons. The highest BCUT2D eigenvalue weighted by atomic mass is 16.3. The number of nitrogens with two attached hydrogens (primary N) is 1. The van der Waals surface area contributed by atoms with E-state index in [4.69, 9.17) is 5.73 Å². The van der Waals surface area contributed by atoms with Crippen LogP contribution in [0.1, 0.15) is 46.0 Å². The Morgan fingerprint density at radius 3 is 2.30 bits per heavy atom. The molecule has 2 heterocycles. The highest BCUT2D eigenvalue weighted by molar-refractivity contribution is 5.87. The summed E-state index contributed by atoms with van der Waals surface area (Å²) in [5.41, 5.74) is 5.18. The highest BCUT2D eigenvalue weighted by Crippen LogP contribution is 2.36. The molecule has 114 valence electrons. The molecule has 0 saturated carbocycles. The summed E-state index contributed by atoms with van der Waals surface area (Å²) in [5, 5.41) is 12.4. The van der Waals surface area contributed by atoms with Crippen LogP contribution in [0.25, 0.3) is 0 Å². The molecule has 2 aliphatic rings. The van der Waals surface area contributed by atoms with Crippen LogP contribution in [0.4, 0.5) is 4.79 Å². The smallest absolute Gasteiger partial charge is 0.312 e. The molecule has 2 aliphatic heterocycles. The number of hydrogen-bond acceptors (Lipinski definition) is 3. The lowest BCUT2D eigenvalue weighted by Gasteiger charge is -2.39. The first-order valence-electron chi connectivity index (χ1n) is 7.44. The third-order valence-corrected chi connectivity index (χ3v) is 4.28. The van der Waals surface area contributed by atoms with Crippen LogP contribution in [-0.2, 0) is 4.79 Å². The van der Waals surface area contributed by atoms with Gasteiger partial charge in [-0.05, 0) is 38.0 Å². The Kier molecular flexibility index (Phi) is 4.52. The molecule has 2 bridgehead atoms. The standard InChI is InChI=1S/C14H25N3O3/c1-8(2)5-12(16-14(15)20)13(19)17-9-3-4-10(17)7-11(18)6-9/h8-12,18H,3-7H2,1-2H3,(H3,15,16,20). The number of rotatable bonds is 4. The van der Waals surface area contributed by atoms with E-state index in [1.807, 2.05) is 18.7 Å². The Balaban J connectivity index is 2.09. The van der Waals surface area contributed by atoms with E-state index in [9.17, 15) is 14.7 Å². The van der Waals surface area contributed by atoms with Crippen LogP contribution in [-0.4, -0.2) is 46.2 Å². The topological polar surface area (TPSA) is 95.7 Å². The van der Waals surface area contributed by atoms with Crippen molar-refractivity contribution < 1.29 is 14.7 Å². The summed E-state index contributed by atoms with van der Waals surface area (Å²) in [6.45, 7) is 4.02. The number of piperidine rings is 1. The number of urea groups is 1. The van der Waals surface area contributed by atoms with Crippen molar-refractivity contribution in [3.05, 3.63) is 0 Å². The Labute approximate surface area is 119 Å². The number of carbonyl (C=O) groups is 2. The maximum atomic E-state index is 12.7. The van der Waals surface area contributed by atoms with Crippen molar-refractivity contribution in [3.8, 4) is 0 Å². The number of nitrogens with one attached hydrogen (secondary N) is 1. The van der Waals surface area contributed by atoms with Gasteiger partial charge in [0.1, 0.15) is 6.04 Å². The molecular weight excluding hydrogens is 258 g/mol. The first-order valence-corrected chi connectivity index (χ1v) is 7.44. The van der Waals surface area contributed by atoms with Gasteiger partial charge >= 0.3 is 6.03 Å². The highest BCUT2D eigenvalue weighted by Gasteiger charge is 2.44. The summed E-state index contributed by atoms with van der Waals surface area (Å²) in [6.07, 6.45) is 3.46. The maximum absolute atomic E-state index is 12.7. The quantitative estimate of drug-likeness (QED) is 0.704. The van der Waals surface area contributed by atoms with Crippen LogP contribution in [0.2, 0.25) is 0 Å². The monoisotopic (exact) mass is 283 g/mol. The molecule has 0 spiro atoms. The molecule has 3 amide bonds. The van der Waals surface area contributed by atoms with Gasteiger partial charge in [-0.2, -0.15) is 0 Å². The molecule has 2 fully saturated rings. The first-order chi connectivity index (χ1) is 9.38. The molecule has 6 heteroatoms. The maximum Gasteiger partial charge on any atom is 0.312 e. The minimum absolute atomic E-state index is 0.0445. The second kappa shape index (κ2) is 5.99. The van der Waals surface area contributed by atoms with Gasteiger partial charge in [0, 0.05) is 12.1 Å². The number of nitrogens with zero attached hydrogens (tertiary/aromatic N) is 1. The lowest BCUT2D eigenvalue weighted by atomic mass is 9.96. The van der Waals surface area contributed by atoms with Crippen molar-refractivity contribution in [2.24, 2.45) is 11.7 Å². The number of fused-ring (bicyclic) bond motifs is 2. The summed E-state index contributed by atoms with van der Waals surface area (Å²) < 4.78 is 0. The van der Waals surface area contributed by atoms with Crippen LogP contribution in [0.5, 0.6) is 0 Å². The Morgan fingerprint density at radius 2 is 1.85 bits per heavy atom. The van der Waals surface area contributed by atoms with Gasteiger partial charge in [-0.1, -0.05) is 13.8 Å². The van der Waals surface area contributed by atoms with Gasteiger partial charge in [0.05, 0.1) is 6.10 Å². The fourth-order valence-electron chi connectivity index (χ4n) is 3.55. The molecule has 0 aromatic heterocycles. The number of aliphatic hydroxyl groups excluding tert-OH is 1. The summed E-state index contributed by atoms with van der Waals surface area (Å²) in [7, 11) is 0. The van der Waals surface area contributed by atoms with E-state index >= 15 is 0 Å². The molecule has 3 unspecified atom stereocenters. The summed E-state index contributed by atoms with van der Waals surface area (Å²) in [5.74, 6) is 0.251. The minimum Gasteiger partial charge on any atom is -0.393 e. The van der Waals surface area contributed by atoms with Crippen LogP contribution in [0.3, 0.4) is 0 Å². The van der Waals surface area contributed by atoms with Gasteiger partial charge in [0.15, 0.2) is 0 Å². The van der Waals surface area contributed by atoms with E-state index < -0.39 is 12.1 Å². The van der Waals surface area contributed by atoms with E-state index in [-0.39, 0.29) is 24.1 Å². The Bertz CT molecular complexity index is 372. The minimum atomic E-state index is -0.659. The van der Waals surface area contributed by atoms with Gasteiger partial charge in [-0.15, -0.1) is 0 Å². The van der Waals surface area contributed by atoms with Crippen LogP contribution >= 0.6 is 0 Å². The van der Waals surface area contributed by atoms with Gasteiger partial charge in [-0.3, -0.25) is 4.79 Å². The zero-order valence-electron chi connectivity index (χ0n) is 12.2. The van der Waals surface area contributed by atoms with E-state index in [0.29, 0.717) is 25.2 Å². The predicted molar refractivity (Wildman–Crippen MR) is 74.9 cm³/mol. The summed E-state index contributed by atoms with van der Waals surface area (Å²) >= 11 is 0. The van der Waals surface area contributed by atoms with E-state index in [1.165, 1.54) is 0 Å². The SMILES string of the molecule is CC(C)CC(NC(N)=O)C(=O)N1C2CCC1CC(O)C2. The molecule has 20 heavy (non-hydrogen) atoms. The van der Waals surface area contributed by atoms with Gasteiger partial charge < -0.3 is 21.1 Å². The zero-order chi connectivity index (χ0) is 14.9. The number of primary amides is 1. The summed E-state index contributed by atoms with van der Waals surface area (Å²) in [4.78, 5) is 25.7. The van der Waals surface area contributed by atoms with Crippen LogP contribution in [0, 0.1) is 5.92 Å². The normalized spacial score (nSPS) is 30.4. The predicted octanol–water partition coefficient (Wildman–Crippen LogP) is 0.584. The van der Waals surface area contributed by atoms with Crippen molar-refractivity contribution >= 4 is 11.9 Å². The van der Waals surface area contributed by atoms with Gasteiger partial charge in [0.2, 0.25) is 5.91 Å². The van der Waals surface area contributed by atoms with Crippen molar-refractivity contribution in [1.29, 1.82) is 0 Å². The van der Waals surface area contributed by atoms with Crippen molar-refractivity contribution in [3.63, 3.8) is 0 Å². The molecule has 6 nitrogen and oxygen atoms in total. The number of carbonyl (C=O) groups excluding carboxylic acids is 2. The van der Waals surface area contributed by atoms with E-state index in [0.717, 1.165) is 12.8 Å². The van der Waals surface area contributed by atoms with Crippen LogP contribution < -0.4 is 11.1 Å². The fraction of sp³-hybridized carbons (Fsp3) is 0.857. The van der Waals surface area contributed by atoms with E-state index in [1.54, 1.807) is 0 Å².